The quantitative estimate of drug-likeness (QED) is 0.437. The maximum Gasteiger partial charge on any atom is 0.266 e. The van der Waals surface area contributed by atoms with Gasteiger partial charge in [-0.1, -0.05) is 13.0 Å². The van der Waals surface area contributed by atoms with Crippen LogP contribution < -0.4 is 14.8 Å². The van der Waals surface area contributed by atoms with Crippen LogP contribution in [0.25, 0.3) is 6.08 Å². The van der Waals surface area contributed by atoms with Gasteiger partial charge < -0.3 is 19.9 Å². The normalized spacial score (nSPS) is 12.0. The van der Waals surface area contributed by atoms with Crippen LogP contribution in [-0.4, -0.2) is 24.2 Å². The molecule has 0 fully saturated rings. The lowest BCUT2D eigenvalue weighted by atomic mass is 10.1. The van der Waals surface area contributed by atoms with Gasteiger partial charge in [-0.3, -0.25) is 4.79 Å². The van der Waals surface area contributed by atoms with Gasteiger partial charge >= 0.3 is 0 Å². The molecular weight excluding hydrogens is 344 g/mol. The molecule has 6 heteroatoms. The second-order valence-corrected chi connectivity index (χ2v) is 5.92. The first kappa shape index (κ1) is 19.9. The summed E-state index contributed by atoms with van der Waals surface area (Å²) in [5.74, 6) is 0.689. The molecule has 0 aliphatic rings. The highest BCUT2D eigenvalue weighted by atomic mass is 16.5. The number of nitriles is 1. The minimum Gasteiger partial charge on any atom is -0.508 e. The summed E-state index contributed by atoms with van der Waals surface area (Å²) in [7, 11) is 1.54. The summed E-state index contributed by atoms with van der Waals surface area (Å²) in [4.78, 5) is 12.3. The van der Waals surface area contributed by atoms with Crippen molar-refractivity contribution in [3.8, 4) is 23.3 Å². The zero-order chi connectivity index (χ0) is 19.8. The Kier molecular flexibility index (Phi) is 6.84. The fraction of sp³-hybridized carbons (Fsp3) is 0.238. The number of carbonyl (C=O) groups is 1. The monoisotopic (exact) mass is 366 g/mol. The van der Waals surface area contributed by atoms with E-state index in [9.17, 15) is 15.2 Å². The maximum absolute atomic E-state index is 12.3. The van der Waals surface area contributed by atoms with Gasteiger partial charge in [0.15, 0.2) is 11.5 Å². The van der Waals surface area contributed by atoms with Gasteiger partial charge in [-0.2, -0.15) is 5.26 Å². The van der Waals surface area contributed by atoms with Crippen LogP contribution in [0.5, 0.6) is 17.2 Å². The lowest BCUT2D eigenvalue weighted by Gasteiger charge is -2.15. The second kappa shape index (κ2) is 9.30. The minimum atomic E-state index is -0.540. The van der Waals surface area contributed by atoms with Gasteiger partial charge in [-0.05, 0) is 61.4 Å². The van der Waals surface area contributed by atoms with Gasteiger partial charge in [-0.25, -0.2) is 0 Å². The number of methoxy groups -OCH3 is 1. The van der Waals surface area contributed by atoms with Crippen molar-refractivity contribution < 1.29 is 19.4 Å². The molecule has 0 bridgehead atoms. The van der Waals surface area contributed by atoms with Crippen LogP contribution in [0.4, 0.5) is 5.69 Å². The summed E-state index contributed by atoms with van der Waals surface area (Å²) in [6, 6.07) is 13.1. The largest absolute Gasteiger partial charge is 0.508 e. The van der Waals surface area contributed by atoms with E-state index in [2.05, 4.69) is 5.32 Å². The third-order valence-corrected chi connectivity index (χ3v) is 3.89. The van der Waals surface area contributed by atoms with Crippen molar-refractivity contribution in [3.05, 3.63) is 53.6 Å². The van der Waals surface area contributed by atoms with Crippen molar-refractivity contribution in [1.29, 1.82) is 5.26 Å². The zero-order valence-electron chi connectivity index (χ0n) is 15.5. The molecule has 0 aliphatic heterocycles. The fourth-order valence-electron chi connectivity index (χ4n) is 2.23. The summed E-state index contributed by atoms with van der Waals surface area (Å²) in [5.41, 5.74) is 1.07. The summed E-state index contributed by atoms with van der Waals surface area (Å²) < 4.78 is 11.2. The van der Waals surface area contributed by atoms with Crippen molar-refractivity contribution in [1.82, 2.24) is 0 Å². The number of hydrogen-bond donors (Lipinski definition) is 2. The highest BCUT2D eigenvalue weighted by Gasteiger charge is 2.12. The highest BCUT2D eigenvalue weighted by molar-refractivity contribution is 6.09. The third kappa shape index (κ3) is 5.51. The highest BCUT2D eigenvalue weighted by Crippen LogP contribution is 2.30. The Hall–Kier alpha value is -3.46. The van der Waals surface area contributed by atoms with Crippen molar-refractivity contribution in [2.75, 3.05) is 12.4 Å². The molecular formula is C21H22N2O4. The lowest BCUT2D eigenvalue weighted by molar-refractivity contribution is -0.112. The number of rotatable bonds is 7. The molecule has 2 aromatic carbocycles. The van der Waals surface area contributed by atoms with Gasteiger partial charge in [0.05, 0.1) is 13.2 Å². The summed E-state index contributed by atoms with van der Waals surface area (Å²) in [6.45, 7) is 3.99. The number of ether oxygens (including phenoxy) is 2. The number of aromatic hydroxyl groups is 1. The van der Waals surface area contributed by atoms with E-state index >= 15 is 0 Å². The average molecular weight is 366 g/mol. The van der Waals surface area contributed by atoms with Crippen LogP contribution >= 0.6 is 0 Å². The molecule has 0 saturated heterocycles. The Morgan fingerprint density at radius 1 is 1.26 bits per heavy atom. The molecule has 140 valence electrons. The Morgan fingerprint density at radius 3 is 2.56 bits per heavy atom. The molecule has 0 aromatic heterocycles. The molecule has 0 heterocycles. The number of nitrogens with one attached hydrogen (secondary N) is 1. The fourth-order valence-corrected chi connectivity index (χ4v) is 2.23. The van der Waals surface area contributed by atoms with Gasteiger partial charge in [-0.15, -0.1) is 0 Å². The topological polar surface area (TPSA) is 91.6 Å². The molecule has 0 radical (unpaired) electrons. The molecule has 6 nitrogen and oxygen atoms in total. The third-order valence-electron chi connectivity index (χ3n) is 3.89. The van der Waals surface area contributed by atoms with Crippen LogP contribution in [0.15, 0.2) is 48.0 Å². The summed E-state index contributed by atoms with van der Waals surface area (Å²) in [6.07, 6.45) is 2.39. The molecule has 2 rings (SSSR count). The van der Waals surface area contributed by atoms with Crippen molar-refractivity contribution in [2.24, 2.45) is 0 Å². The number of amides is 1. The predicted octanol–water partition coefficient (Wildman–Crippen LogP) is 4.12. The van der Waals surface area contributed by atoms with E-state index in [1.807, 2.05) is 19.9 Å². The number of carbonyl (C=O) groups excluding carboxylic acids is 1. The maximum atomic E-state index is 12.3. The summed E-state index contributed by atoms with van der Waals surface area (Å²) in [5, 5.41) is 21.2. The number of benzene rings is 2. The molecule has 2 N–H and O–H groups in total. The number of phenols is 1. The first-order valence-electron chi connectivity index (χ1n) is 8.53. The SMILES string of the molecule is CCC(C)Oc1ccc(/C=C(/C#N)C(=O)Nc2ccc(O)cc2)cc1OC. The number of nitrogens with zero attached hydrogens (tertiary/aromatic N) is 1. The predicted molar refractivity (Wildman–Crippen MR) is 104 cm³/mol. The molecule has 1 atom stereocenters. The number of hydrogen-bond acceptors (Lipinski definition) is 5. The number of phenolic OH excluding ortho intramolecular Hbond substituents is 1. The first-order chi connectivity index (χ1) is 13.0. The number of anilines is 1. The van der Waals surface area contributed by atoms with Crippen LogP contribution in [-0.2, 0) is 4.79 Å². The molecule has 27 heavy (non-hydrogen) atoms. The Morgan fingerprint density at radius 2 is 1.96 bits per heavy atom. The molecule has 0 saturated carbocycles. The van der Waals surface area contributed by atoms with E-state index in [1.165, 1.54) is 25.3 Å². The lowest BCUT2D eigenvalue weighted by Crippen LogP contribution is -2.13. The Balaban J connectivity index is 2.22. The van der Waals surface area contributed by atoms with E-state index in [-0.39, 0.29) is 17.4 Å². The van der Waals surface area contributed by atoms with E-state index < -0.39 is 5.91 Å². The average Bonchev–Trinajstić information content (AvgIpc) is 2.68. The van der Waals surface area contributed by atoms with E-state index in [0.717, 1.165) is 6.42 Å². The second-order valence-electron chi connectivity index (χ2n) is 5.92. The zero-order valence-corrected chi connectivity index (χ0v) is 15.5. The van der Waals surface area contributed by atoms with Crippen molar-refractivity contribution in [3.63, 3.8) is 0 Å². The van der Waals surface area contributed by atoms with Crippen LogP contribution in [0, 0.1) is 11.3 Å². The van der Waals surface area contributed by atoms with E-state index in [4.69, 9.17) is 9.47 Å². The minimum absolute atomic E-state index is 0.0473. The Labute approximate surface area is 158 Å². The van der Waals surface area contributed by atoms with Crippen molar-refractivity contribution >= 4 is 17.7 Å². The van der Waals surface area contributed by atoms with Crippen LogP contribution in [0.2, 0.25) is 0 Å². The molecule has 0 spiro atoms. The molecule has 1 amide bonds. The van der Waals surface area contributed by atoms with E-state index in [1.54, 1.807) is 30.3 Å². The first-order valence-corrected chi connectivity index (χ1v) is 8.53. The Bertz CT molecular complexity index is 867. The van der Waals surface area contributed by atoms with Crippen LogP contribution in [0.1, 0.15) is 25.8 Å². The molecule has 2 aromatic rings. The smallest absolute Gasteiger partial charge is 0.266 e. The van der Waals surface area contributed by atoms with Gasteiger partial charge in [0, 0.05) is 5.69 Å². The van der Waals surface area contributed by atoms with E-state index in [0.29, 0.717) is 22.7 Å². The van der Waals surface area contributed by atoms with Gasteiger partial charge in [0.2, 0.25) is 0 Å². The van der Waals surface area contributed by atoms with Crippen molar-refractivity contribution in [2.45, 2.75) is 26.4 Å². The van der Waals surface area contributed by atoms with Gasteiger partial charge in [0.1, 0.15) is 17.4 Å². The summed E-state index contributed by atoms with van der Waals surface area (Å²) >= 11 is 0. The molecule has 1 unspecified atom stereocenters. The molecule has 0 aliphatic carbocycles. The van der Waals surface area contributed by atoms with Gasteiger partial charge in [0.25, 0.3) is 5.91 Å². The van der Waals surface area contributed by atoms with Crippen LogP contribution in [0.3, 0.4) is 0 Å². The standard InChI is InChI=1S/C21H22N2O4/c1-4-14(2)27-19-10-5-15(12-20(19)26-3)11-16(13-22)21(25)23-17-6-8-18(24)9-7-17/h5-12,14,24H,4H2,1-3H3,(H,23,25)/b16-11-.